The number of rotatable bonds is 8. The zero-order chi connectivity index (χ0) is 25.2. The highest BCUT2D eigenvalue weighted by Gasteiger charge is 2.32. The van der Waals surface area contributed by atoms with Crippen molar-refractivity contribution in [3.8, 4) is 11.5 Å². The highest BCUT2D eigenvalue weighted by Crippen LogP contribution is 2.38. The Morgan fingerprint density at radius 1 is 1.14 bits per heavy atom. The summed E-state index contributed by atoms with van der Waals surface area (Å²) in [5, 5.41) is 4.01. The van der Waals surface area contributed by atoms with Crippen LogP contribution in [-0.4, -0.2) is 29.6 Å². The second kappa shape index (κ2) is 10.0. The van der Waals surface area contributed by atoms with Gasteiger partial charge in [0.15, 0.2) is 11.5 Å². The van der Waals surface area contributed by atoms with E-state index in [-0.39, 0.29) is 17.9 Å². The maximum absolute atomic E-state index is 12.9. The van der Waals surface area contributed by atoms with Crippen LogP contribution in [0.3, 0.4) is 0 Å². The number of hydrogen-bond donors (Lipinski definition) is 1. The summed E-state index contributed by atoms with van der Waals surface area (Å²) in [6.45, 7) is 4.63. The van der Waals surface area contributed by atoms with Crippen LogP contribution in [0.1, 0.15) is 71.0 Å². The highest BCUT2D eigenvalue weighted by molar-refractivity contribution is 5.99. The van der Waals surface area contributed by atoms with Gasteiger partial charge in [-0.1, -0.05) is 17.3 Å². The van der Waals surface area contributed by atoms with Crippen molar-refractivity contribution < 1.29 is 23.6 Å². The fourth-order valence-electron chi connectivity index (χ4n) is 5.04. The van der Waals surface area contributed by atoms with Crippen LogP contribution in [0, 0.1) is 13.8 Å². The number of nitrogens with zero attached hydrogens (tertiary/aromatic N) is 2. The van der Waals surface area contributed by atoms with E-state index in [9.17, 15) is 9.59 Å². The number of aromatic nitrogens is 1. The van der Waals surface area contributed by atoms with Crippen LogP contribution in [0.4, 0.5) is 5.69 Å². The van der Waals surface area contributed by atoms with Crippen molar-refractivity contribution in [2.45, 2.75) is 64.6 Å². The molecule has 1 saturated carbocycles. The summed E-state index contributed by atoms with van der Waals surface area (Å²) >= 11 is 0. The molecule has 2 heterocycles. The molecule has 2 aliphatic rings. The van der Waals surface area contributed by atoms with Gasteiger partial charge in [-0.3, -0.25) is 9.59 Å². The summed E-state index contributed by atoms with van der Waals surface area (Å²) in [4.78, 5) is 26.2. The second-order valence-electron chi connectivity index (χ2n) is 9.64. The normalized spacial score (nSPS) is 18.1. The van der Waals surface area contributed by atoms with E-state index < -0.39 is 5.91 Å². The summed E-state index contributed by atoms with van der Waals surface area (Å²) < 4.78 is 17.8. The van der Waals surface area contributed by atoms with Gasteiger partial charge >= 0.3 is 0 Å². The van der Waals surface area contributed by atoms with E-state index in [2.05, 4.69) is 5.16 Å². The number of aryl methyl sites for hydroxylation is 2. The van der Waals surface area contributed by atoms with Gasteiger partial charge in [0, 0.05) is 30.1 Å². The highest BCUT2D eigenvalue weighted by atomic mass is 16.5. The Kier molecular flexibility index (Phi) is 6.67. The maximum Gasteiger partial charge on any atom is 0.248 e. The van der Waals surface area contributed by atoms with Crippen LogP contribution in [0.2, 0.25) is 0 Å². The van der Waals surface area contributed by atoms with Gasteiger partial charge in [0.05, 0.1) is 17.4 Å². The van der Waals surface area contributed by atoms with Gasteiger partial charge in [0.25, 0.3) is 0 Å². The van der Waals surface area contributed by atoms with Crippen LogP contribution in [0.15, 0.2) is 47.0 Å². The summed E-state index contributed by atoms with van der Waals surface area (Å²) in [5.41, 5.74) is 9.26. The van der Waals surface area contributed by atoms with Crippen LogP contribution in [0.5, 0.6) is 11.5 Å². The number of nitrogens with two attached hydrogens (primary N) is 1. The Hall–Kier alpha value is -3.81. The molecule has 36 heavy (non-hydrogen) atoms. The Morgan fingerprint density at radius 2 is 1.94 bits per heavy atom. The Morgan fingerprint density at radius 3 is 2.67 bits per heavy atom. The average molecular weight is 490 g/mol. The SMILES string of the molecule is Cc1noc(C)c1COc1ccc([C@H]2CC(=O)N(c3cccc(C(N)=O)c3)C2)cc1OC1CCCC1. The molecule has 5 rings (SSSR count). The molecule has 8 nitrogen and oxygen atoms in total. The molecule has 2 amide bonds. The molecule has 0 radical (unpaired) electrons. The number of benzene rings is 2. The zero-order valence-corrected chi connectivity index (χ0v) is 20.7. The van der Waals surface area contributed by atoms with Crippen molar-refractivity contribution in [3.63, 3.8) is 0 Å². The fourth-order valence-corrected chi connectivity index (χ4v) is 5.04. The summed E-state index contributed by atoms with van der Waals surface area (Å²) in [6.07, 6.45) is 4.92. The predicted octanol–water partition coefficient (Wildman–Crippen LogP) is 4.81. The minimum Gasteiger partial charge on any atom is -0.487 e. The lowest BCUT2D eigenvalue weighted by molar-refractivity contribution is -0.117. The minimum absolute atomic E-state index is 0.00252. The number of carbonyl (C=O) groups is 2. The van der Waals surface area contributed by atoms with E-state index in [0.29, 0.717) is 42.3 Å². The first kappa shape index (κ1) is 23.9. The standard InChI is InChI=1S/C28H31N3O5/c1-17-24(18(2)36-30-17)16-34-25-11-10-19(13-26(25)35-23-8-3-4-9-23)21-14-27(32)31(15-21)22-7-5-6-20(12-22)28(29)33/h5-7,10-13,21,23H,3-4,8-9,14-16H2,1-2H3,(H2,29,33)/t21-/m0/s1. The number of hydrogen-bond acceptors (Lipinski definition) is 6. The molecule has 2 fully saturated rings. The van der Waals surface area contributed by atoms with Crippen molar-refractivity contribution in [1.82, 2.24) is 5.16 Å². The van der Waals surface area contributed by atoms with Gasteiger partial charge in [0.2, 0.25) is 11.8 Å². The lowest BCUT2D eigenvalue weighted by Gasteiger charge is -2.20. The monoisotopic (exact) mass is 489 g/mol. The molecular formula is C28H31N3O5. The summed E-state index contributed by atoms with van der Waals surface area (Å²) in [6, 6.07) is 12.8. The minimum atomic E-state index is -0.513. The third-order valence-corrected chi connectivity index (χ3v) is 7.16. The molecule has 2 aromatic carbocycles. The molecule has 0 bridgehead atoms. The summed E-state index contributed by atoms with van der Waals surface area (Å²) in [7, 11) is 0. The first-order valence-electron chi connectivity index (χ1n) is 12.4. The third-order valence-electron chi connectivity index (χ3n) is 7.16. The molecule has 0 unspecified atom stereocenters. The number of amides is 2. The van der Waals surface area contributed by atoms with Gasteiger partial charge in [0.1, 0.15) is 12.4 Å². The topological polar surface area (TPSA) is 108 Å². The second-order valence-corrected chi connectivity index (χ2v) is 9.64. The Balaban J connectivity index is 1.37. The number of carbonyl (C=O) groups excluding carboxylic acids is 2. The molecule has 0 spiro atoms. The van der Waals surface area contributed by atoms with Crippen molar-refractivity contribution >= 4 is 17.5 Å². The molecule has 188 valence electrons. The molecule has 1 saturated heterocycles. The lowest BCUT2D eigenvalue weighted by atomic mass is 9.97. The van der Waals surface area contributed by atoms with E-state index in [1.807, 2.05) is 38.1 Å². The lowest BCUT2D eigenvalue weighted by Crippen LogP contribution is -2.24. The summed E-state index contributed by atoms with van der Waals surface area (Å²) in [5.74, 6) is 1.61. The first-order chi connectivity index (χ1) is 17.4. The fraction of sp³-hybridized carbons (Fsp3) is 0.393. The van der Waals surface area contributed by atoms with Gasteiger partial charge in [-0.2, -0.15) is 0 Å². The van der Waals surface area contributed by atoms with Gasteiger partial charge < -0.3 is 24.6 Å². The van der Waals surface area contributed by atoms with Crippen LogP contribution >= 0.6 is 0 Å². The average Bonchev–Trinajstić information content (AvgIpc) is 3.60. The van der Waals surface area contributed by atoms with Gasteiger partial charge in [-0.05, 0) is 75.4 Å². The van der Waals surface area contributed by atoms with E-state index in [0.717, 1.165) is 48.3 Å². The smallest absolute Gasteiger partial charge is 0.248 e. The van der Waals surface area contributed by atoms with E-state index in [1.54, 1.807) is 23.1 Å². The van der Waals surface area contributed by atoms with Crippen molar-refractivity contribution in [2.75, 3.05) is 11.4 Å². The Bertz CT molecular complexity index is 1260. The van der Waals surface area contributed by atoms with Crippen LogP contribution < -0.4 is 20.1 Å². The maximum atomic E-state index is 12.9. The van der Waals surface area contributed by atoms with E-state index >= 15 is 0 Å². The molecule has 1 aliphatic carbocycles. The molecule has 1 aliphatic heterocycles. The van der Waals surface area contributed by atoms with Crippen molar-refractivity contribution in [3.05, 3.63) is 70.6 Å². The van der Waals surface area contributed by atoms with Crippen LogP contribution in [0.25, 0.3) is 0 Å². The number of anilines is 1. The van der Waals surface area contributed by atoms with Gasteiger partial charge in [-0.25, -0.2) is 0 Å². The molecule has 8 heteroatoms. The molecule has 2 N–H and O–H groups in total. The first-order valence-corrected chi connectivity index (χ1v) is 12.4. The third kappa shape index (κ3) is 4.94. The largest absolute Gasteiger partial charge is 0.487 e. The van der Waals surface area contributed by atoms with E-state index in [4.69, 9.17) is 19.7 Å². The molecular weight excluding hydrogens is 458 g/mol. The quantitative estimate of drug-likeness (QED) is 0.486. The molecule has 3 aromatic rings. The predicted molar refractivity (Wildman–Crippen MR) is 134 cm³/mol. The van der Waals surface area contributed by atoms with E-state index in [1.165, 1.54) is 0 Å². The Labute approximate surface area is 210 Å². The van der Waals surface area contributed by atoms with Gasteiger partial charge in [-0.15, -0.1) is 0 Å². The van der Waals surface area contributed by atoms with Crippen LogP contribution in [-0.2, 0) is 11.4 Å². The number of primary amides is 1. The number of ether oxygens (including phenoxy) is 2. The molecule has 1 atom stereocenters. The van der Waals surface area contributed by atoms with Crippen molar-refractivity contribution in [2.24, 2.45) is 5.73 Å². The van der Waals surface area contributed by atoms with Crippen molar-refractivity contribution in [1.29, 1.82) is 0 Å². The zero-order valence-electron chi connectivity index (χ0n) is 20.7. The molecule has 1 aromatic heterocycles.